The van der Waals surface area contributed by atoms with Crippen molar-refractivity contribution in [2.45, 2.75) is 20.8 Å². The number of fused-ring (bicyclic) bond motifs is 1. The van der Waals surface area contributed by atoms with E-state index in [1.54, 1.807) is 17.4 Å². The molecule has 0 amide bonds. The van der Waals surface area contributed by atoms with Crippen LogP contribution in [0.1, 0.15) is 15.4 Å². The van der Waals surface area contributed by atoms with Crippen LogP contribution < -0.4 is 0 Å². The molecule has 0 radical (unpaired) electrons. The Labute approximate surface area is 80.9 Å². The summed E-state index contributed by atoms with van der Waals surface area (Å²) in [5, 5.41) is 11.7. The minimum Gasteiger partial charge on any atom is -0.493 e. The van der Waals surface area contributed by atoms with Gasteiger partial charge in [-0.3, -0.25) is 0 Å². The van der Waals surface area contributed by atoms with Crippen LogP contribution in [0.2, 0.25) is 0 Å². The number of aromatic hydroxyl groups is 1. The summed E-state index contributed by atoms with van der Waals surface area (Å²) in [6, 6.07) is 1.74. The Hall–Kier alpha value is -1.09. The van der Waals surface area contributed by atoms with Gasteiger partial charge in [0, 0.05) is 26.6 Å². The Morgan fingerprint density at radius 1 is 1.23 bits per heavy atom. The molecule has 0 aliphatic heterocycles. The van der Waals surface area contributed by atoms with E-state index in [0.29, 0.717) is 0 Å². The molecule has 2 heterocycles. The minimum absolute atomic E-state index is 0.117. The van der Waals surface area contributed by atoms with Crippen LogP contribution in [-0.2, 0) is 0 Å². The number of hydrogen-bond acceptors (Lipinski definition) is 3. The van der Waals surface area contributed by atoms with Crippen molar-refractivity contribution in [3.8, 4) is 5.88 Å². The molecule has 1 N–H and O–H groups in total. The minimum atomic E-state index is 0.117. The maximum Gasteiger partial charge on any atom is 0.211 e. The SMILES string of the molecule is Cc1sc(C)c2c(C)nc(O)cc12. The molecule has 0 spiro atoms. The van der Waals surface area contributed by atoms with Crippen LogP contribution in [0, 0.1) is 20.8 Å². The van der Waals surface area contributed by atoms with Crippen molar-refractivity contribution < 1.29 is 5.11 Å². The highest BCUT2D eigenvalue weighted by Crippen LogP contribution is 2.33. The number of thiophene rings is 1. The lowest BCUT2D eigenvalue weighted by molar-refractivity contribution is 0.453. The van der Waals surface area contributed by atoms with Gasteiger partial charge in [0.25, 0.3) is 0 Å². The summed E-state index contributed by atoms with van der Waals surface area (Å²) in [5.41, 5.74) is 0.914. The Balaban J connectivity index is 2.97. The first kappa shape index (κ1) is 8.51. The van der Waals surface area contributed by atoms with Gasteiger partial charge >= 0.3 is 0 Å². The van der Waals surface area contributed by atoms with Gasteiger partial charge in [-0.1, -0.05) is 0 Å². The molecule has 0 atom stereocenters. The van der Waals surface area contributed by atoms with Crippen molar-refractivity contribution >= 4 is 22.1 Å². The smallest absolute Gasteiger partial charge is 0.211 e. The number of rotatable bonds is 0. The predicted molar refractivity (Wildman–Crippen MR) is 55.5 cm³/mol. The molecule has 2 aromatic rings. The zero-order valence-corrected chi connectivity index (χ0v) is 8.70. The predicted octanol–water partition coefficient (Wildman–Crippen LogP) is 2.93. The molecular weight excluding hydrogens is 182 g/mol. The van der Waals surface area contributed by atoms with E-state index >= 15 is 0 Å². The Morgan fingerprint density at radius 2 is 1.92 bits per heavy atom. The fraction of sp³-hybridized carbons (Fsp3) is 0.300. The highest BCUT2D eigenvalue weighted by Gasteiger charge is 2.09. The largest absolute Gasteiger partial charge is 0.493 e. The third-order valence-electron chi connectivity index (χ3n) is 2.22. The topological polar surface area (TPSA) is 33.1 Å². The van der Waals surface area contributed by atoms with Gasteiger partial charge in [0.15, 0.2) is 0 Å². The van der Waals surface area contributed by atoms with E-state index < -0.39 is 0 Å². The molecule has 68 valence electrons. The van der Waals surface area contributed by atoms with E-state index in [1.165, 1.54) is 15.1 Å². The van der Waals surface area contributed by atoms with E-state index in [2.05, 4.69) is 18.8 Å². The van der Waals surface area contributed by atoms with Gasteiger partial charge in [0.05, 0.1) is 5.69 Å². The first-order valence-electron chi connectivity index (χ1n) is 4.16. The first-order chi connectivity index (χ1) is 6.09. The molecule has 0 fully saturated rings. The number of aromatic nitrogens is 1. The van der Waals surface area contributed by atoms with Crippen molar-refractivity contribution in [3.05, 3.63) is 21.5 Å². The van der Waals surface area contributed by atoms with Crippen molar-refractivity contribution in [3.63, 3.8) is 0 Å². The third kappa shape index (κ3) is 1.20. The van der Waals surface area contributed by atoms with Gasteiger partial charge in [-0.15, -0.1) is 11.3 Å². The fourth-order valence-electron chi connectivity index (χ4n) is 1.71. The monoisotopic (exact) mass is 193 g/mol. The molecule has 0 aliphatic carbocycles. The molecule has 3 heteroatoms. The van der Waals surface area contributed by atoms with Crippen molar-refractivity contribution in [1.29, 1.82) is 0 Å². The lowest BCUT2D eigenvalue weighted by Gasteiger charge is -1.98. The fourth-order valence-corrected chi connectivity index (χ4v) is 2.80. The molecule has 0 saturated carbocycles. The molecule has 0 bridgehead atoms. The van der Waals surface area contributed by atoms with E-state index in [-0.39, 0.29) is 5.88 Å². The summed E-state index contributed by atoms with van der Waals surface area (Å²) in [6.07, 6.45) is 0. The van der Waals surface area contributed by atoms with Gasteiger partial charge in [-0.2, -0.15) is 0 Å². The Bertz CT molecular complexity index is 473. The van der Waals surface area contributed by atoms with Crippen LogP contribution in [0.5, 0.6) is 5.88 Å². The molecular formula is C10H11NOS. The van der Waals surface area contributed by atoms with Gasteiger partial charge in [-0.05, 0) is 20.8 Å². The first-order valence-corrected chi connectivity index (χ1v) is 4.97. The maximum atomic E-state index is 9.34. The summed E-state index contributed by atoms with van der Waals surface area (Å²) in [6.45, 7) is 6.09. The zero-order chi connectivity index (χ0) is 9.59. The second-order valence-corrected chi connectivity index (χ2v) is 4.63. The van der Waals surface area contributed by atoms with Crippen LogP contribution in [0.4, 0.5) is 0 Å². The van der Waals surface area contributed by atoms with Gasteiger partial charge in [-0.25, -0.2) is 4.98 Å². The summed E-state index contributed by atoms with van der Waals surface area (Å²) in [5.74, 6) is 0.117. The maximum absolute atomic E-state index is 9.34. The third-order valence-corrected chi connectivity index (χ3v) is 3.26. The van der Waals surface area contributed by atoms with E-state index in [4.69, 9.17) is 0 Å². The average molecular weight is 193 g/mol. The van der Waals surface area contributed by atoms with Crippen LogP contribution in [-0.4, -0.2) is 10.1 Å². The average Bonchev–Trinajstić information content (AvgIpc) is 2.27. The molecule has 13 heavy (non-hydrogen) atoms. The Kier molecular flexibility index (Phi) is 1.77. The lowest BCUT2D eigenvalue weighted by Crippen LogP contribution is -1.83. The van der Waals surface area contributed by atoms with Crippen molar-refractivity contribution in [2.75, 3.05) is 0 Å². The number of hydrogen-bond donors (Lipinski definition) is 1. The van der Waals surface area contributed by atoms with Crippen LogP contribution in [0.15, 0.2) is 6.07 Å². The highest BCUT2D eigenvalue weighted by molar-refractivity contribution is 7.13. The molecule has 2 nitrogen and oxygen atoms in total. The molecule has 0 saturated heterocycles. The van der Waals surface area contributed by atoms with E-state index in [9.17, 15) is 5.11 Å². The number of nitrogens with zero attached hydrogens (tertiary/aromatic N) is 1. The summed E-state index contributed by atoms with van der Waals surface area (Å²) in [4.78, 5) is 6.56. The Morgan fingerprint density at radius 3 is 2.62 bits per heavy atom. The second kappa shape index (κ2) is 2.70. The van der Waals surface area contributed by atoms with E-state index in [0.717, 1.165) is 11.1 Å². The highest BCUT2D eigenvalue weighted by atomic mass is 32.1. The van der Waals surface area contributed by atoms with Crippen LogP contribution >= 0.6 is 11.3 Å². The quantitative estimate of drug-likeness (QED) is 0.697. The normalized spacial score (nSPS) is 11.0. The van der Waals surface area contributed by atoms with Crippen LogP contribution in [0.25, 0.3) is 10.8 Å². The summed E-state index contributed by atoms with van der Waals surface area (Å²) >= 11 is 1.75. The van der Waals surface area contributed by atoms with Crippen LogP contribution in [0.3, 0.4) is 0 Å². The van der Waals surface area contributed by atoms with Crippen molar-refractivity contribution in [2.24, 2.45) is 0 Å². The number of aryl methyl sites for hydroxylation is 3. The summed E-state index contributed by atoms with van der Waals surface area (Å²) in [7, 11) is 0. The standard InChI is InChI=1S/C10H11NOS/c1-5-10-7(3)13-6(2)8(10)4-9(12)11-5/h4,12H,1-3H3. The zero-order valence-electron chi connectivity index (χ0n) is 7.88. The van der Waals surface area contributed by atoms with Crippen molar-refractivity contribution in [1.82, 2.24) is 4.98 Å². The number of pyridine rings is 1. The molecule has 2 aromatic heterocycles. The summed E-state index contributed by atoms with van der Waals surface area (Å²) < 4.78 is 0. The molecule has 0 aromatic carbocycles. The van der Waals surface area contributed by atoms with Gasteiger partial charge < -0.3 is 5.11 Å². The van der Waals surface area contributed by atoms with Gasteiger partial charge in [0.2, 0.25) is 5.88 Å². The molecule has 0 unspecified atom stereocenters. The van der Waals surface area contributed by atoms with Gasteiger partial charge in [0.1, 0.15) is 0 Å². The molecule has 2 rings (SSSR count). The van der Waals surface area contributed by atoms with E-state index in [1.807, 2.05) is 6.92 Å². The second-order valence-electron chi connectivity index (χ2n) is 3.20. The lowest BCUT2D eigenvalue weighted by atomic mass is 10.1. The molecule has 0 aliphatic rings.